The number of nitrogens with two attached hydrogens (primary N) is 1. The molecule has 0 spiro atoms. The normalized spacial score (nSPS) is 23.2. The van der Waals surface area contributed by atoms with Crippen LogP contribution in [0.15, 0.2) is 22.2 Å². The summed E-state index contributed by atoms with van der Waals surface area (Å²) in [7, 11) is 1.40. The van der Waals surface area contributed by atoms with Gasteiger partial charge in [0.05, 0.1) is 22.2 Å². The lowest BCUT2D eigenvalue weighted by Gasteiger charge is -2.40. The number of pyridine rings is 1. The van der Waals surface area contributed by atoms with Gasteiger partial charge in [0.25, 0.3) is 0 Å². The molecule has 2 heterocycles. The molecule has 10 heteroatoms. The van der Waals surface area contributed by atoms with E-state index in [2.05, 4.69) is 5.16 Å². The molecular weight excluding hydrogens is 398 g/mol. The molecule has 1 saturated heterocycles. The molecule has 1 aliphatic carbocycles. The average Bonchev–Trinajstić information content (AvgIpc) is 3.49. The number of carboxylic acid groups (broad SMARTS) is 1. The topological polar surface area (TPSA) is 110 Å². The van der Waals surface area contributed by atoms with E-state index >= 15 is 8.78 Å². The van der Waals surface area contributed by atoms with E-state index in [0.717, 1.165) is 25.1 Å². The number of nitrogens with zero attached hydrogens (tertiary/aromatic N) is 3. The van der Waals surface area contributed by atoms with E-state index in [0.29, 0.717) is 12.1 Å². The minimum Gasteiger partial charge on any atom is -0.477 e. The van der Waals surface area contributed by atoms with E-state index in [9.17, 15) is 14.7 Å². The number of carboxylic acids is 1. The fraction of sp³-hybridized carbons (Fsp3) is 0.450. The number of fused-ring (bicyclic) bond motifs is 1. The van der Waals surface area contributed by atoms with Gasteiger partial charge >= 0.3 is 5.97 Å². The summed E-state index contributed by atoms with van der Waals surface area (Å²) in [4.78, 5) is 30.3. The lowest BCUT2D eigenvalue weighted by molar-refractivity contribution is 0.0694. The summed E-state index contributed by atoms with van der Waals surface area (Å²) in [6.45, 7) is 2.05. The highest BCUT2D eigenvalue weighted by Crippen LogP contribution is 2.40. The van der Waals surface area contributed by atoms with Crippen molar-refractivity contribution in [3.63, 3.8) is 0 Å². The van der Waals surface area contributed by atoms with E-state index in [1.54, 1.807) is 6.92 Å². The Hall–Kier alpha value is -3.01. The maximum absolute atomic E-state index is 15.7. The van der Waals surface area contributed by atoms with Gasteiger partial charge < -0.3 is 25.1 Å². The molecule has 1 aromatic heterocycles. The molecule has 8 nitrogen and oxygen atoms in total. The summed E-state index contributed by atoms with van der Waals surface area (Å²) in [5, 5.41) is 13.0. The Morgan fingerprint density at radius 3 is 2.67 bits per heavy atom. The zero-order valence-electron chi connectivity index (χ0n) is 16.6. The lowest BCUT2D eigenvalue weighted by atomic mass is 9.89. The van der Waals surface area contributed by atoms with Gasteiger partial charge in [-0.1, -0.05) is 5.16 Å². The molecule has 4 rings (SSSR count). The van der Waals surface area contributed by atoms with Crippen molar-refractivity contribution in [2.24, 2.45) is 10.9 Å². The van der Waals surface area contributed by atoms with Gasteiger partial charge in [0.15, 0.2) is 5.82 Å². The molecule has 1 aliphatic heterocycles. The number of oxime groups is 1. The predicted molar refractivity (Wildman–Crippen MR) is 107 cm³/mol. The molecule has 0 amide bonds. The zero-order valence-corrected chi connectivity index (χ0v) is 16.6. The molecule has 1 aromatic carbocycles. The maximum Gasteiger partial charge on any atom is 0.341 e. The molecule has 3 N–H and O–H groups in total. The predicted octanol–water partition coefficient (Wildman–Crippen LogP) is 2.24. The number of rotatable bonds is 4. The van der Waals surface area contributed by atoms with Crippen LogP contribution in [0.5, 0.6) is 0 Å². The second kappa shape index (κ2) is 7.05. The highest BCUT2D eigenvalue weighted by molar-refractivity contribution is 5.96. The number of aromatic carboxylic acids is 1. The fourth-order valence-corrected chi connectivity index (χ4v) is 4.06. The SMILES string of the molecule is CO/N=C1\CCN(c2c(F)cc3c(=O)c(C(=O)O)cn(C4CC4)c3c2F)CC1(C)N. The van der Waals surface area contributed by atoms with Gasteiger partial charge in [0, 0.05) is 31.7 Å². The molecule has 2 fully saturated rings. The number of aromatic nitrogens is 1. The summed E-state index contributed by atoms with van der Waals surface area (Å²) in [6.07, 6.45) is 2.96. The second-order valence-corrected chi connectivity index (χ2v) is 8.04. The number of halogens is 2. The van der Waals surface area contributed by atoms with Crippen LogP contribution in [-0.2, 0) is 4.84 Å². The number of piperidine rings is 1. The van der Waals surface area contributed by atoms with E-state index in [4.69, 9.17) is 10.6 Å². The zero-order chi connectivity index (χ0) is 21.8. The Bertz CT molecular complexity index is 1140. The molecule has 1 atom stereocenters. The number of hydrogen-bond donors (Lipinski definition) is 2. The summed E-state index contributed by atoms with van der Waals surface area (Å²) in [5.41, 5.74) is 4.13. The first-order valence-corrected chi connectivity index (χ1v) is 9.60. The molecule has 160 valence electrons. The van der Waals surface area contributed by atoms with Crippen LogP contribution >= 0.6 is 0 Å². The van der Waals surface area contributed by atoms with Crippen LogP contribution in [0.25, 0.3) is 10.9 Å². The van der Waals surface area contributed by atoms with Crippen molar-refractivity contribution < 1.29 is 23.5 Å². The summed E-state index contributed by atoms with van der Waals surface area (Å²) < 4.78 is 32.2. The Morgan fingerprint density at radius 2 is 2.10 bits per heavy atom. The Balaban J connectivity index is 1.90. The van der Waals surface area contributed by atoms with E-state index < -0.39 is 34.1 Å². The Labute approximate surface area is 170 Å². The third kappa shape index (κ3) is 3.20. The van der Waals surface area contributed by atoms with Crippen LogP contribution in [0.4, 0.5) is 14.5 Å². The maximum atomic E-state index is 15.7. The van der Waals surface area contributed by atoms with Gasteiger partial charge in [0.2, 0.25) is 5.43 Å². The van der Waals surface area contributed by atoms with E-state index in [-0.39, 0.29) is 35.7 Å². The standard InChI is InChI=1S/C20H22F2N4O4/c1-20(23)9-25(6-5-14(20)24-30-2)17-13(21)7-11-16(15(17)22)26(10-3-4-10)8-12(18(11)27)19(28)29/h7-8,10H,3-6,9,23H2,1-2H3,(H,28,29)/b24-14+. The molecule has 0 radical (unpaired) electrons. The minimum absolute atomic E-state index is 0.0843. The summed E-state index contributed by atoms with van der Waals surface area (Å²) in [6, 6.07) is 0.800. The van der Waals surface area contributed by atoms with Crippen molar-refractivity contribution in [1.29, 1.82) is 0 Å². The van der Waals surface area contributed by atoms with Crippen LogP contribution in [0.1, 0.15) is 42.6 Å². The Morgan fingerprint density at radius 1 is 1.40 bits per heavy atom. The van der Waals surface area contributed by atoms with E-state index in [1.165, 1.54) is 16.6 Å². The second-order valence-electron chi connectivity index (χ2n) is 8.04. The van der Waals surface area contributed by atoms with Crippen LogP contribution in [0.3, 0.4) is 0 Å². The highest BCUT2D eigenvalue weighted by Gasteiger charge is 2.37. The van der Waals surface area contributed by atoms with Gasteiger partial charge in [-0.2, -0.15) is 0 Å². The van der Waals surface area contributed by atoms with Crippen molar-refractivity contribution in [2.45, 2.75) is 37.8 Å². The van der Waals surface area contributed by atoms with Crippen LogP contribution in [0, 0.1) is 11.6 Å². The first kappa shape index (κ1) is 20.3. The fourth-order valence-electron chi connectivity index (χ4n) is 4.06. The highest BCUT2D eigenvalue weighted by atomic mass is 19.1. The van der Waals surface area contributed by atoms with Crippen molar-refractivity contribution >= 4 is 28.3 Å². The number of hydrogen-bond acceptors (Lipinski definition) is 6. The van der Waals surface area contributed by atoms with Crippen molar-refractivity contribution in [3.8, 4) is 0 Å². The first-order valence-electron chi connectivity index (χ1n) is 9.60. The van der Waals surface area contributed by atoms with Gasteiger partial charge in [-0.15, -0.1) is 0 Å². The monoisotopic (exact) mass is 420 g/mol. The van der Waals surface area contributed by atoms with Crippen molar-refractivity contribution in [2.75, 3.05) is 25.1 Å². The number of carbonyl (C=O) groups is 1. The summed E-state index contributed by atoms with van der Waals surface area (Å²) >= 11 is 0. The van der Waals surface area contributed by atoms with E-state index in [1.807, 2.05) is 0 Å². The largest absolute Gasteiger partial charge is 0.477 e. The third-order valence-corrected chi connectivity index (χ3v) is 5.67. The van der Waals surface area contributed by atoms with Gasteiger partial charge in [-0.25, -0.2) is 13.6 Å². The van der Waals surface area contributed by atoms with Gasteiger partial charge in [-0.3, -0.25) is 4.79 Å². The number of anilines is 1. The quantitative estimate of drug-likeness (QED) is 0.734. The summed E-state index contributed by atoms with van der Waals surface area (Å²) in [5.74, 6) is -3.26. The molecule has 1 saturated carbocycles. The van der Waals surface area contributed by atoms with Gasteiger partial charge in [-0.05, 0) is 25.8 Å². The van der Waals surface area contributed by atoms with Crippen LogP contribution in [0.2, 0.25) is 0 Å². The van der Waals surface area contributed by atoms with Crippen LogP contribution < -0.4 is 16.1 Å². The third-order valence-electron chi connectivity index (χ3n) is 5.67. The average molecular weight is 420 g/mol. The smallest absolute Gasteiger partial charge is 0.341 e. The molecule has 2 aromatic rings. The van der Waals surface area contributed by atoms with Crippen molar-refractivity contribution in [1.82, 2.24) is 4.57 Å². The van der Waals surface area contributed by atoms with Gasteiger partial charge in [0.1, 0.15) is 24.2 Å². The molecule has 0 bridgehead atoms. The molecular formula is C20H22F2N4O4. The van der Waals surface area contributed by atoms with Crippen molar-refractivity contribution in [3.05, 3.63) is 39.7 Å². The molecule has 1 unspecified atom stereocenters. The molecule has 30 heavy (non-hydrogen) atoms. The first-order chi connectivity index (χ1) is 14.2. The Kier molecular flexibility index (Phi) is 4.76. The lowest BCUT2D eigenvalue weighted by Crippen LogP contribution is -2.59. The van der Waals surface area contributed by atoms with Crippen LogP contribution in [-0.4, -0.2) is 47.1 Å². The number of benzene rings is 1. The minimum atomic E-state index is -1.43. The molecule has 2 aliphatic rings.